The predicted molar refractivity (Wildman–Crippen MR) is 97.0 cm³/mol. The van der Waals surface area contributed by atoms with E-state index < -0.39 is 10.0 Å². The van der Waals surface area contributed by atoms with Gasteiger partial charge in [-0.2, -0.15) is 0 Å². The van der Waals surface area contributed by atoms with Crippen molar-refractivity contribution < 1.29 is 18.3 Å². The van der Waals surface area contributed by atoms with Gasteiger partial charge < -0.3 is 9.84 Å². The fraction of sp³-hybridized carbons (Fsp3) is 0.368. The van der Waals surface area contributed by atoms with E-state index in [1.807, 2.05) is 30.3 Å². The van der Waals surface area contributed by atoms with Gasteiger partial charge in [0.25, 0.3) is 0 Å². The van der Waals surface area contributed by atoms with Crippen molar-refractivity contribution in [3.05, 3.63) is 48.0 Å². The molecule has 5 nitrogen and oxygen atoms in total. The van der Waals surface area contributed by atoms with Crippen molar-refractivity contribution in [2.24, 2.45) is 5.14 Å². The largest absolute Gasteiger partial charge is 0.497 e. The first-order chi connectivity index (χ1) is 11.9. The van der Waals surface area contributed by atoms with Crippen LogP contribution in [0.5, 0.6) is 5.75 Å². The highest BCUT2D eigenvalue weighted by atomic mass is 32.2. The molecule has 0 saturated heterocycles. The van der Waals surface area contributed by atoms with Crippen LogP contribution in [-0.2, 0) is 10.0 Å². The SMILES string of the molecule is COc1ccc(-c2ccc(S(N)(=O)=O)cc2C2CCC(O)CC2)cc1. The van der Waals surface area contributed by atoms with Gasteiger partial charge in [-0.15, -0.1) is 0 Å². The maximum Gasteiger partial charge on any atom is 0.238 e. The van der Waals surface area contributed by atoms with Gasteiger partial charge in [0.15, 0.2) is 0 Å². The Hall–Kier alpha value is -1.89. The molecular formula is C19H23NO4S. The lowest BCUT2D eigenvalue weighted by molar-refractivity contribution is 0.122. The lowest BCUT2D eigenvalue weighted by Gasteiger charge is -2.28. The van der Waals surface area contributed by atoms with Crippen LogP contribution in [0.4, 0.5) is 0 Å². The summed E-state index contributed by atoms with van der Waals surface area (Å²) in [5, 5.41) is 15.1. The lowest BCUT2D eigenvalue weighted by atomic mass is 9.80. The van der Waals surface area contributed by atoms with E-state index in [0.29, 0.717) is 0 Å². The van der Waals surface area contributed by atoms with Crippen molar-refractivity contribution >= 4 is 10.0 Å². The number of aliphatic hydroxyl groups is 1. The molecule has 6 heteroatoms. The maximum atomic E-state index is 11.8. The van der Waals surface area contributed by atoms with Gasteiger partial charge in [-0.25, -0.2) is 13.6 Å². The number of aliphatic hydroxyl groups excluding tert-OH is 1. The summed E-state index contributed by atoms with van der Waals surface area (Å²) >= 11 is 0. The van der Waals surface area contributed by atoms with Crippen molar-refractivity contribution in [2.45, 2.75) is 42.6 Å². The molecule has 0 spiro atoms. The molecule has 0 heterocycles. The van der Waals surface area contributed by atoms with Crippen molar-refractivity contribution in [3.63, 3.8) is 0 Å². The molecule has 0 atom stereocenters. The van der Waals surface area contributed by atoms with Crippen molar-refractivity contribution in [1.82, 2.24) is 0 Å². The van der Waals surface area contributed by atoms with Gasteiger partial charge in [0.2, 0.25) is 10.0 Å². The minimum absolute atomic E-state index is 0.130. The molecule has 0 unspecified atom stereocenters. The summed E-state index contributed by atoms with van der Waals surface area (Å²) in [6, 6.07) is 12.8. The second-order valence-electron chi connectivity index (χ2n) is 6.53. The highest BCUT2D eigenvalue weighted by molar-refractivity contribution is 7.89. The van der Waals surface area contributed by atoms with Crippen LogP contribution < -0.4 is 9.88 Å². The zero-order chi connectivity index (χ0) is 18.0. The normalized spacial score (nSPS) is 21.1. The van der Waals surface area contributed by atoms with E-state index in [4.69, 9.17) is 9.88 Å². The van der Waals surface area contributed by atoms with Crippen LogP contribution >= 0.6 is 0 Å². The Bertz CT molecular complexity index is 838. The summed E-state index contributed by atoms with van der Waals surface area (Å²) in [6.07, 6.45) is 2.86. The molecule has 1 saturated carbocycles. The highest BCUT2D eigenvalue weighted by Gasteiger charge is 2.24. The molecule has 0 aromatic heterocycles. The summed E-state index contributed by atoms with van der Waals surface area (Å²) in [5.41, 5.74) is 2.97. The van der Waals surface area contributed by atoms with Crippen LogP contribution in [0.1, 0.15) is 37.2 Å². The summed E-state index contributed by atoms with van der Waals surface area (Å²) in [7, 11) is -2.13. The van der Waals surface area contributed by atoms with Crippen LogP contribution in [0.3, 0.4) is 0 Å². The van der Waals surface area contributed by atoms with Gasteiger partial charge in [-0.1, -0.05) is 18.2 Å². The Balaban J connectivity index is 2.06. The third-order valence-electron chi connectivity index (χ3n) is 4.89. The van der Waals surface area contributed by atoms with Gasteiger partial charge in [0.05, 0.1) is 18.1 Å². The summed E-state index contributed by atoms with van der Waals surface area (Å²) < 4.78 is 28.7. The average molecular weight is 361 g/mol. The summed E-state index contributed by atoms with van der Waals surface area (Å²) in [5.74, 6) is 0.981. The number of hydrogen-bond donors (Lipinski definition) is 2. The third-order valence-corrected chi connectivity index (χ3v) is 5.80. The molecule has 1 aliphatic carbocycles. The van der Waals surface area contributed by atoms with Crippen LogP contribution in [0.15, 0.2) is 47.4 Å². The second-order valence-corrected chi connectivity index (χ2v) is 8.09. The molecule has 0 bridgehead atoms. The lowest BCUT2D eigenvalue weighted by Crippen LogP contribution is -2.18. The minimum Gasteiger partial charge on any atom is -0.497 e. The van der Waals surface area contributed by atoms with E-state index >= 15 is 0 Å². The quantitative estimate of drug-likeness (QED) is 0.876. The topological polar surface area (TPSA) is 89.6 Å². The van der Waals surface area contributed by atoms with E-state index in [1.165, 1.54) is 0 Å². The molecular weight excluding hydrogens is 338 g/mol. The Kier molecular flexibility index (Phi) is 5.13. The van der Waals surface area contributed by atoms with Gasteiger partial charge in [0, 0.05) is 0 Å². The average Bonchev–Trinajstić information content (AvgIpc) is 2.61. The molecule has 1 aliphatic rings. The van der Waals surface area contributed by atoms with Crippen molar-refractivity contribution in [1.29, 1.82) is 0 Å². The molecule has 1 fully saturated rings. The number of hydrogen-bond acceptors (Lipinski definition) is 4. The smallest absolute Gasteiger partial charge is 0.238 e. The zero-order valence-corrected chi connectivity index (χ0v) is 15.0. The number of rotatable bonds is 4. The molecule has 3 N–H and O–H groups in total. The Morgan fingerprint density at radius 2 is 1.68 bits per heavy atom. The first kappa shape index (κ1) is 17.9. The Morgan fingerprint density at radius 1 is 1.04 bits per heavy atom. The molecule has 2 aromatic rings. The van der Waals surface area contributed by atoms with E-state index in [2.05, 4.69) is 0 Å². The monoisotopic (exact) mass is 361 g/mol. The number of sulfonamides is 1. The van der Waals surface area contributed by atoms with Crippen molar-refractivity contribution in [2.75, 3.05) is 7.11 Å². The summed E-state index contributed by atoms with van der Waals surface area (Å²) in [4.78, 5) is 0.130. The fourth-order valence-corrected chi connectivity index (χ4v) is 4.02. The summed E-state index contributed by atoms with van der Waals surface area (Å²) in [6.45, 7) is 0. The van der Waals surface area contributed by atoms with Crippen LogP contribution in [-0.4, -0.2) is 26.7 Å². The third kappa shape index (κ3) is 4.03. The van der Waals surface area contributed by atoms with Gasteiger partial charge in [-0.3, -0.25) is 0 Å². The highest BCUT2D eigenvalue weighted by Crippen LogP contribution is 2.39. The zero-order valence-electron chi connectivity index (χ0n) is 14.2. The number of ether oxygens (including phenoxy) is 1. The van der Waals surface area contributed by atoms with Crippen LogP contribution in [0, 0.1) is 0 Å². The number of nitrogens with two attached hydrogens (primary N) is 1. The van der Waals surface area contributed by atoms with E-state index in [1.54, 1.807) is 19.2 Å². The van der Waals surface area contributed by atoms with Gasteiger partial charge in [0.1, 0.15) is 5.75 Å². The first-order valence-electron chi connectivity index (χ1n) is 8.37. The second kappa shape index (κ2) is 7.15. The standard InChI is InChI=1S/C19H23NO4S/c1-24-16-8-4-13(5-9-16)18-11-10-17(25(20,22)23)12-19(18)14-2-6-15(21)7-3-14/h4-5,8-12,14-15,21H,2-3,6-7H2,1H3,(H2,20,22,23). The van der Waals surface area contributed by atoms with E-state index in [-0.39, 0.29) is 16.9 Å². The molecule has 0 radical (unpaired) electrons. The molecule has 134 valence electrons. The minimum atomic E-state index is -3.75. The van der Waals surface area contributed by atoms with Gasteiger partial charge in [-0.05, 0) is 72.6 Å². The van der Waals surface area contributed by atoms with Crippen molar-refractivity contribution in [3.8, 4) is 16.9 Å². The number of primary sulfonamides is 1. The predicted octanol–water partition coefficient (Wildman–Crippen LogP) is 3.03. The fourth-order valence-electron chi connectivity index (χ4n) is 3.48. The number of methoxy groups -OCH3 is 1. The molecule has 0 amide bonds. The Morgan fingerprint density at radius 3 is 2.24 bits per heavy atom. The Labute approximate surface area is 148 Å². The van der Waals surface area contributed by atoms with Crippen LogP contribution in [0.2, 0.25) is 0 Å². The molecule has 25 heavy (non-hydrogen) atoms. The van der Waals surface area contributed by atoms with Crippen LogP contribution in [0.25, 0.3) is 11.1 Å². The van der Waals surface area contributed by atoms with E-state index in [9.17, 15) is 13.5 Å². The molecule has 2 aromatic carbocycles. The number of benzene rings is 2. The molecule has 0 aliphatic heterocycles. The van der Waals surface area contributed by atoms with Gasteiger partial charge >= 0.3 is 0 Å². The maximum absolute atomic E-state index is 11.8. The molecule has 3 rings (SSSR count). The first-order valence-corrected chi connectivity index (χ1v) is 9.92. The van der Waals surface area contributed by atoms with E-state index in [0.717, 1.165) is 48.1 Å².